The number of hydrazine groups is 1. The first-order chi connectivity index (χ1) is 8.78. The minimum Gasteiger partial charge on any atom is -0.496 e. The largest absolute Gasteiger partial charge is 0.496 e. The summed E-state index contributed by atoms with van der Waals surface area (Å²) < 4.78 is 11.1. The molecule has 1 rings (SSSR count). The average Bonchev–Trinajstić information content (AvgIpc) is 2.32. The third-order valence-electron chi connectivity index (χ3n) is 3.04. The normalized spacial score (nSPS) is 13.4. The Morgan fingerprint density at radius 3 is 2.32 bits per heavy atom. The Balaban J connectivity index is 2.95. The standard InChI is InChI=1S/C15H26N2O2/c1-10-8-14(18-6)11(2)7-12(10)13(17-16)9-19-15(3,4)5/h7-8,13,17H,9,16H2,1-6H3. The van der Waals surface area contributed by atoms with E-state index in [9.17, 15) is 0 Å². The van der Waals surface area contributed by atoms with Crippen LogP contribution in [0, 0.1) is 13.8 Å². The topological polar surface area (TPSA) is 56.5 Å². The summed E-state index contributed by atoms with van der Waals surface area (Å²) in [5, 5.41) is 0. The van der Waals surface area contributed by atoms with Crippen molar-refractivity contribution >= 4 is 0 Å². The zero-order valence-corrected chi connectivity index (χ0v) is 12.8. The maximum Gasteiger partial charge on any atom is 0.122 e. The van der Waals surface area contributed by atoms with Crippen LogP contribution in [0.1, 0.15) is 43.5 Å². The molecule has 0 fully saturated rings. The summed E-state index contributed by atoms with van der Waals surface area (Å²) in [5.74, 6) is 6.56. The van der Waals surface area contributed by atoms with Crippen LogP contribution in [0.15, 0.2) is 12.1 Å². The molecule has 0 amide bonds. The highest BCUT2D eigenvalue weighted by atomic mass is 16.5. The summed E-state index contributed by atoms with van der Waals surface area (Å²) in [4.78, 5) is 0. The van der Waals surface area contributed by atoms with Gasteiger partial charge in [0.15, 0.2) is 0 Å². The van der Waals surface area contributed by atoms with Gasteiger partial charge in [-0.05, 0) is 57.4 Å². The van der Waals surface area contributed by atoms with E-state index in [1.807, 2.05) is 33.8 Å². The van der Waals surface area contributed by atoms with Crippen LogP contribution in [0.3, 0.4) is 0 Å². The molecule has 1 atom stereocenters. The van der Waals surface area contributed by atoms with Gasteiger partial charge in [-0.25, -0.2) is 0 Å². The lowest BCUT2D eigenvalue weighted by molar-refractivity contribution is -0.0149. The van der Waals surface area contributed by atoms with Gasteiger partial charge in [-0.2, -0.15) is 0 Å². The van der Waals surface area contributed by atoms with Crippen molar-refractivity contribution in [1.29, 1.82) is 0 Å². The zero-order chi connectivity index (χ0) is 14.6. The predicted molar refractivity (Wildman–Crippen MR) is 78.2 cm³/mol. The molecule has 0 aromatic heterocycles. The average molecular weight is 266 g/mol. The molecule has 108 valence electrons. The molecule has 0 heterocycles. The summed E-state index contributed by atoms with van der Waals surface area (Å²) in [5.41, 5.74) is 6.04. The van der Waals surface area contributed by atoms with Crippen molar-refractivity contribution in [1.82, 2.24) is 5.43 Å². The van der Waals surface area contributed by atoms with Gasteiger partial charge >= 0.3 is 0 Å². The van der Waals surface area contributed by atoms with Crippen LogP contribution < -0.4 is 16.0 Å². The van der Waals surface area contributed by atoms with E-state index in [2.05, 4.69) is 18.4 Å². The number of nitrogens with one attached hydrogen (secondary N) is 1. The van der Waals surface area contributed by atoms with Crippen molar-refractivity contribution in [2.75, 3.05) is 13.7 Å². The molecule has 0 saturated carbocycles. The lowest BCUT2D eigenvalue weighted by Gasteiger charge is -2.25. The molecular weight excluding hydrogens is 240 g/mol. The van der Waals surface area contributed by atoms with E-state index in [4.69, 9.17) is 15.3 Å². The van der Waals surface area contributed by atoms with Crippen molar-refractivity contribution < 1.29 is 9.47 Å². The van der Waals surface area contributed by atoms with Gasteiger partial charge in [0.25, 0.3) is 0 Å². The van der Waals surface area contributed by atoms with Crippen LogP contribution in [-0.2, 0) is 4.74 Å². The molecule has 0 aliphatic heterocycles. The number of nitrogens with two attached hydrogens (primary N) is 1. The highest BCUT2D eigenvalue weighted by Crippen LogP contribution is 2.27. The van der Waals surface area contributed by atoms with E-state index < -0.39 is 0 Å². The fraction of sp³-hybridized carbons (Fsp3) is 0.600. The summed E-state index contributed by atoms with van der Waals surface area (Å²) in [6.07, 6.45) is 0. The number of rotatable bonds is 5. The van der Waals surface area contributed by atoms with E-state index in [1.54, 1.807) is 7.11 Å². The van der Waals surface area contributed by atoms with E-state index in [-0.39, 0.29) is 11.6 Å². The first-order valence-corrected chi connectivity index (χ1v) is 6.53. The molecule has 3 N–H and O–H groups in total. The predicted octanol–water partition coefficient (Wildman–Crippen LogP) is 2.63. The first kappa shape index (κ1) is 16.0. The molecule has 4 nitrogen and oxygen atoms in total. The van der Waals surface area contributed by atoms with Gasteiger partial charge in [0.2, 0.25) is 0 Å². The third-order valence-corrected chi connectivity index (χ3v) is 3.04. The minimum atomic E-state index is -0.176. The smallest absolute Gasteiger partial charge is 0.122 e. The van der Waals surface area contributed by atoms with Crippen molar-refractivity contribution in [3.8, 4) is 5.75 Å². The summed E-state index contributed by atoms with van der Waals surface area (Å²) in [6.45, 7) is 10.7. The molecule has 0 bridgehead atoms. The van der Waals surface area contributed by atoms with Gasteiger partial charge < -0.3 is 9.47 Å². The Hall–Kier alpha value is -1.10. The van der Waals surface area contributed by atoms with Crippen LogP contribution in [0.5, 0.6) is 5.75 Å². The van der Waals surface area contributed by atoms with E-state index in [0.717, 1.165) is 22.4 Å². The molecule has 0 radical (unpaired) electrons. The Labute approximate surface area is 116 Å². The first-order valence-electron chi connectivity index (χ1n) is 6.53. The van der Waals surface area contributed by atoms with Gasteiger partial charge in [0.05, 0.1) is 25.4 Å². The van der Waals surface area contributed by atoms with Crippen LogP contribution in [-0.4, -0.2) is 19.3 Å². The van der Waals surface area contributed by atoms with Gasteiger partial charge in [-0.1, -0.05) is 6.07 Å². The second-order valence-electron chi connectivity index (χ2n) is 5.82. The second-order valence-corrected chi connectivity index (χ2v) is 5.82. The van der Waals surface area contributed by atoms with E-state index in [1.165, 1.54) is 0 Å². The third kappa shape index (κ3) is 4.49. The second kappa shape index (κ2) is 6.37. The van der Waals surface area contributed by atoms with Crippen molar-refractivity contribution in [3.05, 3.63) is 28.8 Å². The molecular formula is C15H26N2O2. The monoisotopic (exact) mass is 266 g/mol. The molecule has 0 aliphatic rings. The number of hydrogen-bond donors (Lipinski definition) is 2. The molecule has 1 aromatic rings. The fourth-order valence-corrected chi connectivity index (χ4v) is 1.97. The minimum absolute atomic E-state index is 0.0242. The summed E-state index contributed by atoms with van der Waals surface area (Å²) in [7, 11) is 1.68. The Morgan fingerprint density at radius 1 is 1.21 bits per heavy atom. The van der Waals surface area contributed by atoms with Crippen LogP contribution >= 0.6 is 0 Å². The number of hydrogen-bond acceptors (Lipinski definition) is 4. The van der Waals surface area contributed by atoms with Crippen LogP contribution in [0.25, 0.3) is 0 Å². The molecule has 19 heavy (non-hydrogen) atoms. The number of aryl methyl sites for hydroxylation is 2. The maximum absolute atomic E-state index is 5.81. The maximum atomic E-state index is 5.81. The van der Waals surface area contributed by atoms with E-state index >= 15 is 0 Å². The van der Waals surface area contributed by atoms with Crippen molar-refractivity contribution in [2.45, 2.75) is 46.3 Å². The summed E-state index contributed by atoms with van der Waals surface area (Å²) in [6, 6.07) is 4.11. The number of ether oxygens (including phenoxy) is 2. The molecule has 1 aromatic carbocycles. The lowest BCUT2D eigenvalue weighted by Crippen LogP contribution is -2.34. The Morgan fingerprint density at radius 2 is 1.84 bits per heavy atom. The molecule has 0 spiro atoms. The van der Waals surface area contributed by atoms with Gasteiger partial charge in [-0.15, -0.1) is 0 Å². The highest BCUT2D eigenvalue weighted by Gasteiger charge is 2.18. The molecule has 0 aliphatic carbocycles. The van der Waals surface area contributed by atoms with Crippen molar-refractivity contribution in [2.24, 2.45) is 5.84 Å². The lowest BCUT2D eigenvalue weighted by atomic mass is 9.98. The highest BCUT2D eigenvalue weighted by molar-refractivity contribution is 5.42. The fourth-order valence-electron chi connectivity index (χ4n) is 1.97. The zero-order valence-electron chi connectivity index (χ0n) is 12.8. The van der Waals surface area contributed by atoms with Gasteiger partial charge in [0.1, 0.15) is 5.75 Å². The van der Waals surface area contributed by atoms with Gasteiger partial charge in [-0.3, -0.25) is 11.3 Å². The SMILES string of the molecule is COc1cc(C)c(C(COC(C)(C)C)NN)cc1C. The number of methoxy groups -OCH3 is 1. The quantitative estimate of drug-likeness (QED) is 0.635. The van der Waals surface area contributed by atoms with E-state index in [0.29, 0.717) is 6.61 Å². The van der Waals surface area contributed by atoms with Crippen LogP contribution in [0.2, 0.25) is 0 Å². The van der Waals surface area contributed by atoms with Crippen LogP contribution in [0.4, 0.5) is 0 Å². The van der Waals surface area contributed by atoms with Gasteiger partial charge in [0, 0.05) is 0 Å². The molecule has 0 saturated heterocycles. The molecule has 4 heteroatoms. The number of benzene rings is 1. The Bertz CT molecular complexity index is 425. The Kier molecular flexibility index (Phi) is 5.35. The molecule has 1 unspecified atom stereocenters. The van der Waals surface area contributed by atoms with Crippen molar-refractivity contribution in [3.63, 3.8) is 0 Å². The summed E-state index contributed by atoms with van der Waals surface area (Å²) >= 11 is 0.